The molecule has 0 atom stereocenters. The van der Waals surface area contributed by atoms with Crippen LogP contribution in [0.1, 0.15) is 32.9 Å². The fourth-order valence-corrected chi connectivity index (χ4v) is 2.84. The number of aryl methyl sites for hydroxylation is 3. The van der Waals surface area contributed by atoms with E-state index in [2.05, 4.69) is 20.3 Å². The second-order valence-electron chi connectivity index (χ2n) is 5.87. The average molecular weight is 322 g/mol. The van der Waals surface area contributed by atoms with Crippen LogP contribution in [0.25, 0.3) is 10.9 Å². The van der Waals surface area contributed by atoms with Gasteiger partial charge in [0.25, 0.3) is 11.5 Å². The number of rotatable bonds is 3. The zero-order chi connectivity index (χ0) is 17.3. The molecule has 0 spiro atoms. The van der Waals surface area contributed by atoms with Crippen molar-refractivity contribution in [2.75, 3.05) is 0 Å². The molecule has 6 heteroatoms. The Morgan fingerprint density at radius 3 is 2.71 bits per heavy atom. The maximum atomic E-state index is 12.7. The third-order valence-corrected chi connectivity index (χ3v) is 3.79. The Hall–Kier alpha value is -3.02. The van der Waals surface area contributed by atoms with E-state index >= 15 is 0 Å². The molecule has 1 amide bonds. The number of H-pyrrole nitrogens is 1. The molecule has 2 N–H and O–H groups in total. The van der Waals surface area contributed by atoms with Gasteiger partial charge in [-0.05, 0) is 44.0 Å². The monoisotopic (exact) mass is 322 g/mol. The second kappa shape index (κ2) is 6.23. The third-order valence-electron chi connectivity index (χ3n) is 3.79. The van der Waals surface area contributed by atoms with Crippen LogP contribution >= 0.6 is 0 Å². The lowest BCUT2D eigenvalue weighted by molar-refractivity contribution is 0.0952. The Morgan fingerprint density at radius 1 is 1.17 bits per heavy atom. The molecule has 2 aromatic heterocycles. The summed E-state index contributed by atoms with van der Waals surface area (Å²) in [5.74, 6) is -0.209. The van der Waals surface area contributed by atoms with E-state index in [1.165, 1.54) is 12.4 Å². The van der Waals surface area contributed by atoms with Crippen molar-refractivity contribution in [3.63, 3.8) is 0 Å². The molecule has 122 valence electrons. The molecule has 0 aliphatic carbocycles. The summed E-state index contributed by atoms with van der Waals surface area (Å²) in [7, 11) is 0. The van der Waals surface area contributed by atoms with E-state index < -0.39 is 0 Å². The molecule has 0 bridgehead atoms. The Bertz CT molecular complexity index is 987. The third kappa shape index (κ3) is 3.17. The van der Waals surface area contributed by atoms with Crippen molar-refractivity contribution in [3.05, 3.63) is 69.0 Å². The van der Waals surface area contributed by atoms with Crippen molar-refractivity contribution in [1.29, 1.82) is 0 Å². The summed E-state index contributed by atoms with van der Waals surface area (Å²) in [6, 6.07) is 7.16. The van der Waals surface area contributed by atoms with Crippen LogP contribution in [0.2, 0.25) is 0 Å². The number of aromatic amines is 1. The first kappa shape index (κ1) is 15.9. The number of carbonyl (C=O) groups excluding carboxylic acids is 1. The molecule has 1 aromatic carbocycles. The SMILES string of the molecule is Cc1cc(C)c2c(C(=O)NCc3cc(=O)[nH]cn3)cc(C)nc2c1. The Morgan fingerprint density at radius 2 is 1.96 bits per heavy atom. The molecule has 3 aromatic rings. The Kier molecular flexibility index (Phi) is 4.12. The van der Waals surface area contributed by atoms with Crippen LogP contribution in [-0.2, 0) is 6.54 Å². The number of amides is 1. The molecular weight excluding hydrogens is 304 g/mol. The maximum Gasteiger partial charge on any atom is 0.252 e. The molecule has 6 nitrogen and oxygen atoms in total. The summed E-state index contributed by atoms with van der Waals surface area (Å²) >= 11 is 0. The minimum atomic E-state index is -0.245. The number of aromatic nitrogens is 3. The quantitative estimate of drug-likeness (QED) is 0.773. The van der Waals surface area contributed by atoms with E-state index in [-0.39, 0.29) is 18.0 Å². The number of hydrogen-bond donors (Lipinski definition) is 2. The maximum absolute atomic E-state index is 12.7. The number of fused-ring (bicyclic) bond motifs is 1. The van der Waals surface area contributed by atoms with E-state index in [1.54, 1.807) is 6.07 Å². The van der Waals surface area contributed by atoms with Gasteiger partial charge in [-0.2, -0.15) is 0 Å². The van der Waals surface area contributed by atoms with Gasteiger partial charge in [-0.1, -0.05) is 6.07 Å². The van der Waals surface area contributed by atoms with E-state index in [1.807, 2.05) is 32.9 Å². The summed E-state index contributed by atoms with van der Waals surface area (Å²) in [5.41, 5.74) is 4.56. The largest absolute Gasteiger partial charge is 0.346 e. The van der Waals surface area contributed by atoms with Gasteiger partial charge in [0.15, 0.2) is 0 Å². The van der Waals surface area contributed by atoms with Crippen LogP contribution in [0, 0.1) is 20.8 Å². The van der Waals surface area contributed by atoms with Crippen molar-refractivity contribution < 1.29 is 4.79 Å². The summed E-state index contributed by atoms with van der Waals surface area (Å²) in [6.45, 7) is 6.04. The summed E-state index contributed by atoms with van der Waals surface area (Å²) in [4.78, 5) is 34.9. The molecular formula is C18H18N4O2. The van der Waals surface area contributed by atoms with Crippen LogP contribution in [0.15, 0.2) is 35.4 Å². The highest BCUT2D eigenvalue weighted by Crippen LogP contribution is 2.24. The van der Waals surface area contributed by atoms with E-state index in [0.717, 1.165) is 27.7 Å². The van der Waals surface area contributed by atoms with Crippen LogP contribution in [0.5, 0.6) is 0 Å². The number of benzene rings is 1. The van der Waals surface area contributed by atoms with Crippen molar-refractivity contribution >= 4 is 16.8 Å². The zero-order valence-corrected chi connectivity index (χ0v) is 13.8. The van der Waals surface area contributed by atoms with Crippen molar-refractivity contribution in [3.8, 4) is 0 Å². The fourth-order valence-electron chi connectivity index (χ4n) is 2.84. The lowest BCUT2D eigenvalue weighted by Gasteiger charge is -2.11. The lowest BCUT2D eigenvalue weighted by atomic mass is 10.00. The number of carbonyl (C=O) groups is 1. The molecule has 2 heterocycles. The Balaban J connectivity index is 1.96. The molecule has 0 radical (unpaired) electrons. The van der Waals surface area contributed by atoms with Gasteiger partial charge < -0.3 is 10.3 Å². The minimum Gasteiger partial charge on any atom is -0.346 e. The standard InChI is InChI=1S/C18H18N4O2/c1-10-4-11(2)17-14(6-12(3)22-15(17)5-10)18(24)19-8-13-7-16(23)21-9-20-13/h4-7,9H,8H2,1-3H3,(H,19,24)(H,20,21,23). The Labute approximate surface area is 139 Å². The van der Waals surface area contributed by atoms with Gasteiger partial charge in [0.1, 0.15) is 0 Å². The van der Waals surface area contributed by atoms with Gasteiger partial charge in [0, 0.05) is 17.1 Å². The molecule has 3 rings (SSSR count). The van der Waals surface area contributed by atoms with Crippen LogP contribution in [0.3, 0.4) is 0 Å². The molecule has 0 unspecified atom stereocenters. The first-order valence-corrected chi connectivity index (χ1v) is 7.64. The summed E-state index contributed by atoms with van der Waals surface area (Å²) in [6.07, 6.45) is 1.32. The predicted molar refractivity (Wildman–Crippen MR) is 92.0 cm³/mol. The summed E-state index contributed by atoms with van der Waals surface area (Å²) in [5, 5.41) is 3.67. The van der Waals surface area contributed by atoms with Gasteiger partial charge in [-0.25, -0.2) is 4.98 Å². The fraction of sp³-hybridized carbons (Fsp3) is 0.222. The van der Waals surface area contributed by atoms with E-state index in [9.17, 15) is 9.59 Å². The first-order chi connectivity index (χ1) is 11.4. The minimum absolute atomic E-state index is 0.191. The second-order valence-corrected chi connectivity index (χ2v) is 5.87. The van der Waals surface area contributed by atoms with Crippen LogP contribution in [-0.4, -0.2) is 20.9 Å². The first-order valence-electron chi connectivity index (χ1n) is 7.64. The summed E-state index contributed by atoms with van der Waals surface area (Å²) < 4.78 is 0. The molecule has 0 saturated heterocycles. The van der Waals surface area contributed by atoms with E-state index in [0.29, 0.717) is 11.3 Å². The van der Waals surface area contributed by atoms with Crippen LogP contribution in [0.4, 0.5) is 0 Å². The van der Waals surface area contributed by atoms with Gasteiger partial charge in [-0.3, -0.25) is 14.6 Å². The molecule has 24 heavy (non-hydrogen) atoms. The van der Waals surface area contributed by atoms with Gasteiger partial charge in [0.2, 0.25) is 0 Å². The normalized spacial score (nSPS) is 10.8. The van der Waals surface area contributed by atoms with Gasteiger partial charge in [0.05, 0.1) is 29.6 Å². The number of pyridine rings is 1. The lowest BCUT2D eigenvalue weighted by Crippen LogP contribution is -2.25. The smallest absolute Gasteiger partial charge is 0.252 e. The number of nitrogens with zero attached hydrogens (tertiary/aromatic N) is 2. The van der Waals surface area contributed by atoms with Crippen LogP contribution < -0.4 is 10.9 Å². The number of nitrogens with one attached hydrogen (secondary N) is 2. The molecule has 0 saturated carbocycles. The van der Waals surface area contributed by atoms with Crippen molar-refractivity contribution in [2.45, 2.75) is 27.3 Å². The van der Waals surface area contributed by atoms with Gasteiger partial charge >= 0.3 is 0 Å². The van der Waals surface area contributed by atoms with E-state index in [4.69, 9.17) is 0 Å². The predicted octanol–water partition coefficient (Wildman–Crippen LogP) is 2.17. The highest BCUT2D eigenvalue weighted by molar-refractivity contribution is 6.07. The van der Waals surface area contributed by atoms with Gasteiger partial charge in [-0.15, -0.1) is 0 Å². The van der Waals surface area contributed by atoms with Crippen molar-refractivity contribution in [2.24, 2.45) is 0 Å². The average Bonchev–Trinajstić information content (AvgIpc) is 2.51. The van der Waals surface area contributed by atoms with Crippen molar-refractivity contribution in [1.82, 2.24) is 20.3 Å². The highest BCUT2D eigenvalue weighted by Gasteiger charge is 2.14. The molecule has 0 aliphatic rings. The zero-order valence-electron chi connectivity index (χ0n) is 13.8. The highest BCUT2D eigenvalue weighted by atomic mass is 16.1. The molecule has 0 fully saturated rings. The number of hydrogen-bond acceptors (Lipinski definition) is 4. The molecule has 0 aliphatic heterocycles. The topological polar surface area (TPSA) is 87.7 Å².